The number of carboxylic acids is 2. The van der Waals surface area contributed by atoms with Crippen molar-refractivity contribution in [3.8, 4) is 0 Å². The molecule has 0 bridgehead atoms. The second-order valence-corrected chi connectivity index (χ2v) is 3.45. The highest BCUT2D eigenvalue weighted by molar-refractivity contribution is 5.75. The fourth-order valence-corrected chi connectivity index (χ4v) is 1.34. The van der Waals surface area contributed by atoms with Gasteiger partial charge in [-0.05, 0) is 17.5 Å². The zero-order chi connectivity index (χ0) is 12.1. The van der Waals surface area contributed by atoms with Crippen molar-refractivity contribution in [3.05, 3.63) is 35.4 Å². The van der Waals surface area contributed by atoms with E-state index in [4.69, 9.17) is 15.9 Å². The van der Waals surface area contributed by atoms with Crippen LogP contribution in [0.5, 0.6) is 0 Å². The Morgan fingerprint density at radius 3 is 2.56 bits per heavy atom. The summed E-state index contributed by atoms with van der Waals surface area (Å²) in [4.78, 5) is 21.0. The molecular formula is C11H13NO4. The molecule has 4 N–H and O–H groups in total. The zero-order valence-corrected chi connectivity index (χ0v) is 8.59. The Bertz CT molecular complexity index is 403. The maximum absolute atomic E-state index is 10.7. The van der Waals surface area contributed by atoms with Crippen LogP contribution in [0.2, 0.25) is 0 Å². The van der Waals surface area contributed by atoms with Crippen molar-refractivity contribution in [1.82, 2.24) is 0 Å². The minimum Gasteiger partial charge on any atom is -0.481 e. The van der Waals surface area contributed by atoms with Crippen LogP contribution >= 0.6 is 0 Å². The molecule has 0 saturated heterocycles. The lowest BCUT2D eigenvalue weighted by Gasteiger charge is -2.08. The summed E-state index contributed by atoms with van der Waals surface area (Å²) in [6, 6.07) is 5.60. The lowest BCUT2D eigenvalue weighted by molar-refractivity contribution is -0.139. The normalized spacial score (nSPS) is 12.1. The number of carboxylic acid groups (broad SMARTS) is 2. The molecule has 1 aromatic carbocycles. The van der Waals surface area contributed by atoms with Gasteiger partial charge in [0.1, 0.15) is 6.04 Å². The van der Waals surface area contributed by atoms with E-state index in [1.54, 1.807) is 24.3 Å². The number of aliphatic carboxylic acids is 2. The van der Waals surface area contributed by atoms with Gasteiger partial charge in [0.15, 0.2) is 0 Å². The second-order valence-electron chi connectivity index (χ2n) is 3.45. The van der Waals surface area contributed by atoms with Crippen molar-refractivity contribution in [2.75, 3.05) is 0 Å². The van der Waals surface area contributed by atoms with Crippen molar-refractivity contribution in [2.24, 2.45) is 5.73 Å². The Morgan fingerprint density at radius 1 is 1.31 bits per heavy atom. The maximum Gasteiger partial charge on any atom is 0.325 e. The van der Waals surface area contributed by atoms with Crippen molar-refractivity contribution < 1.29 is 19.8 Å². The van der Waals surface area contributed by atoms with Crippen molar-refractivity contribution in [1.29, 1.82) is 0 Å². The van der Waals surface area contributed by atoms with Crippen LogP contribution in [0.4, 0.5) is 0 Å². The molecular weight excluding hydrogens is 210 g/mol. The quantitative estimate of drug-likeness (QED) is 0.685. The van der Waals surface area contributed by atoms with Crippen LogP contribution in [0.15, 0.2) is 24.3 Å². The molecule has 1 rings (SSSR count). The number of hydrogen-bond donors (Lipinski definition) is 3. The molecule has 86 valence electrons. The summed E-state index contributed by atoms with van der Waals surface area (Å²) < 4.78 is 0. The maximum atomic E-state index is 10.7. The number of nitrogens with two attached hydrogens (primary N) is 1. The van der Waals surface area contributed by atoms with E-state index >= 15 is 0 Å². The van der Waals surface area contributed by atoms with Crippen LogP contribution < -0.4 is 5.73 Å². The third kappa shape index (κ3) is 3.36. The lowest BCUT2D eigenvalue weighted by atomic mass is 10.0. The van der Waals surface area contributed by atoms with Gasteiger partial charge in [-0.15, -0.1) is 0 Å². The standard InChI is InChI=1S/C11H13NO4/c12-10(11(15)16)8-3-1-2-7(6-8)4-5-9(13)14/h1-3,6,10H,4-5,12H2,(H,13,14)(H,15,16)/t10-/m0/s1. The molecule has 0 amide bonds. The molecule has 0 fully saturated rings. The van der Waals surface area contributed by atoms with Gasteiger partial charge in [0.05, 0.1) is 0 Å². The van der Waals surface area contributed by atoms with E-state index in [0.717, 1.165) is 5.56 Å². The molecule has 0 aliphatic carbocycles. The molecule has 0 radical (unpaired) electrons. The molecule has 0 aliphatic heterocycles. The SMILES string of the molecule is N[C@H](C(=O)O)c1cccc(CCC(=O)O)c1. The second kappa shape index (κ2) is 5.27. The highest BCUT2D eigenvalue weighted by Crippen LogP contribution is 2.14. The predicted molar refractivity (Wildman–Crippen MR) is 57.0 cm³/mol. The van der Waals surface area contributed by atoms with Gasteiger partial charge in [-0.25, -0.2) is 0 Å². The Hall–Kier alpha value is -1.88. The van der Waals surface area contributed by atoms with Gasteiger partial charge >= 0.3 is 11.9 Å². The lowest BCUT2D eigenvalue weighted by Crippen LogP contribution is -2.20. The van der Waals surface area contributed by atoms with E-state index in [-0.39, 0.29) is 6.42 Å². The molecule has 0 heterocycles. The molecule has 0 saturated carbocycles. The minimum absolute atomic E-state index is 0.0196. The molecule has 5 nitrogen and oxygen atoms in total. The van der Waals surface area contributed by atoms with Gasteiger partial charge in [0.25, 0.3) is 0 Å². The number of carbonyl (C=O) groups is 2. The number of hydrogen-bond acceptors (Lipinski definition) is 3. The predicted octanol–water partition coefficient (Wildman–Crippen LogP) is 0.788. The van der Waals surface area contributed by atoms with Gasteiger partial charge in [-0.2, -0.15) is 0 Å². The van der Waals surface area contributed by atoms with Crippen LogP contribution in [0.3, 0.4) is 0 Å². The minimum atomic E-state index is -1.10. The van der Waals surface area contributed by atoms with E-state index in [9.17, 15) is 9.59 Å². The van der Waals surface area contributed by atoms with Crippen LogP contribution in [-0.2, 0) is 16.0 Å². The number of rotatable bonds is 5. The van der Waals surface area contributed by atoms with Gasteiger partial charge in [-0.3, -0.25) is 9.59 Å². The average molecular weight is 223 g/mol. The summed E-state index contributed by atoms with van der Waals surface area (Å²) in [5, 5.41) is 17.2. The first kappa shape index (κ1) is 12.2. The topological polar surface area (TPSA) is 101 Å². The van der Waals surface area contributed by atoms with Crippen LogP contribution in [0.1, 0.15) is 23.6 Å². The zero-order valence-electron chi connectivity index (χ0n) is 8.59. The van der Waals surface area contributed by atoms with Gasteiger partial charge in [-0.1, -0.05) is 24.3 Å². The van der Waals surface area contributed by atoms with Crippen LogP contribution in [0.25, 0.3) is 0 Å². The average Bonchev–Trinajstić information content (AvgIpc) is 2.25. The third-order valence-corrected chi connectivity index (χ3v) is 2.20. The molecule has 16 heavy (non-hydrogen) atoms. The molecule has 0 unspecified atom stereocenters. The third-order valence-electron chi connectivity index (χ3n) is 2.20. The van der Waals surface area contributed by atoms with Gasteiger partial charge < -0.3 is 15.9 Å². The monoisotopic (exact) mass is 223 g/mol. The van der Waals surface area contributed by atoms with E-state index < -0.39 is 18.0 Å². The molecule has 1 aromatic rings. The fraction of sp³-hybridized carbons (Fsp3) is 0.273. The number of aryl methyl sites for hydroxylation is 1. The smallest absolute Gasteiger partial charge is 0.325 e. The van der Waals surface area contributed by atoms with Crippen molar-refractivity contribution in [2.45, 2.75) is 18.9 Å². The Morgan fingerprint density at radius 2 is 2.00 bits per heavy atom. The molecule has 5 heteroatoms. The summed E-state index contributed by atoms with van der Waals surface area (Å²) >= 11 is 0. The van der Waals surface area contributed by atoms with Gasteiger partial charge in [0.2, 0.25) is 0 Å². The summed E-state index contributed by atoms with van der Waals surface area (Å²) in [5.41, 5.74) is 6.70. The van der Waals surface area contributed by atoms with Crippen molar-refractivity contribution >= 4 is 11.9 Å². The highest BCUT2D eigenvalue weighted by atomic mass is 16.4. The molecule has 0 spiro atoms. The molecule has 0 aromatic heterocycles. The Labute approximate surface area is 92.5 Å². The Kier molecular flexibility index (Phi) is 4.02. The largest absolute Gasteiger partial charge is 0.481 e. The first-order valence-corrected chi connectivity index (χ1v) is 4.79. The number of benzene rings is 1. The van der Waals surface area contributed by atoms with E-state index in [1.807, 2.05) is 0 Å². The first-order valence-electron chi connectivity index (χ1n) is 4.79. The summed E-state index contributed by atoms with van der Waals surface area (Å²) in [6.07, 6.45) is 0.390. The van der Waals surface area contributed by atoms with E-state index in [0.29, 0.717) is 12.0 Å². The van der Waals surface area contributed by atoms with E-state index in [2.05, 4.69) is 0 Å². The van der Waals surface area contributed by atoms with Gasteiger partial charge in [0, 0.05) is 6.42 Å². The summed E-state index contributed by atoms with van der Waals surface area (Å²) in [5.74, 6) is -1.98. The fourth-order valence-electron chi connectivity index (χ4n) is 1.34. The summed E-state index contributed by atoms with van der Waals surface area (Å²) in [6.45, 7) is 0. The van der Waals surface area contributed by atoms with Crippen molar-refractivity contribution in [3.63, 3.8) is 0 Å². The van der Waals surface area contributed by atoms with Crippen LogP contribution in [-0.4, -0.2) is 22.2 Å². The summed E-state index contributed by atoms with van der Waals surface area (Å²) in [7, 11) is 0. The highest BCUT2D eigenvalue weighted by Gasteiger charge is 2.14. The molecule has 1 atom stereocenters. The first-order chi connectivity index (χ1) is 7.50. The Balaban J connectivity index is 2.78. The van der Waals surface area contributed by atoms with E-state index in [1.165, 1.54) is 0 Å². The van der Waals surface area contributed by atoms with Crippen LogP contribution in [0, 0.1) is 0 Å². The molecule has 0 aliphatic rings.